The highest BCUT2D eigenvalue weighted by Gasteiger charge is 2.25. The van der Waals surface area contributed by atoms with Gasteiger partial charge in [0, 0.05) is 7.05 Å². The lowest BCUT2D eigenvalue weighted by Gasteiger charge is -2.12. The number of sulfonamides is 1. The summed E-state index contributed by atoms with van der Waals surface area (Å²) in [6.45, 7) is 3.40. The minimum absolute atomic E-state index is 0.0284. The van der Waals surface area contributed by atoms with Crippen molar-refractivity contribution in [1.29, 1.82) is 0 Å². The summed E-state index contributed by atoms with van der Waals surface area (Å²) in [4.78, 5) is -0.0284. The van der Waals surface area contributed by atoms with Gasteiger partial charge in [-0.3, -0.25) is 9.40 Å². The minimum Gasteiger partial charge on any atom is -0.381 e. The molecule has 0 saturated carbocycles. The Morgan fingerprint density at radius 1 is 1.35 bits per heavy atom. The first-order valence-corrected chi connectivity index (χ1v) is 7.67. The van der Waals surface area contributed by atoms with Crippen LogP contribution in [0.25, 0.3) is 0 Å². The maximum absolute atomic E-state index is 12.5. The normalized spacial score (nSPS) is 11.6. The third-order valence-electron chi connectivity index (χ3n) is 3.03. The molecule has 20 heavy (non-hydrogen) atoms. The molecule has 2 aromatic rings. The predicted molar refractivity (Wildman–Crippen MR) is 79.4 cm³/mol. The molecule has 0 amide bonds. The Morgan fingerprint density at radius 3 is 2.50 bits per heavy atom. The van der Waals surface area contributed by atoms with E-state index in [0.717, 1.165) is 5.56 Å². The average molecular weight is 315 g/mol. The number of aromatic nitrogens is 2. The molecular formula is C12H15ClN4O2S. The van der Waals surface area contributed by atoms with Gasteiger partial charge in [0.05, 0.1) is 16.4 Å². The smallest absolute Gasteiger partial charge is 0.267 e. The van der Waals surface area contributed by atoms with Crippen LogP contribution in [-0.4, -0.2) is 18.2 Å². The number of nitrogen functional groups attached to an aromatic ring is 1. The van der Waals surface area contributed by atoms with Crippen molar-refractivity contribution < 1.29 is 8.42 Å². The van der Waals surface area contributed by atoms with E-state index in [4.69, 9.17) is 17.3 Å². The van der Waals surface area contributed by atoms with Gasteiger partial charge in [-0.1, -0.05) is 23.7 Å². The molecule has 8 heteroatoms. The van der Waals surface area contributed by atoms with Gasteiger partial charge in [-0.2, -0.15) is 5.10 Å². The molecule has 0 unspecified atom stereocenters. The first-order valence-electron chi connectivity index (χ1n) is 5.81. The van der Waals surface area contributed by atoms with Gasteiger partial charge in [0.25, 0.3) is 10.0 Å². The van der Waals surface area contributed by atoms with E-state index in [-0.39, 0.29) is 10.7 Å². The van der Waals surface area contributed by atoms with Gasteiger partial charge >= 0.3 is 0 Å². The summed E-state index contributed by atoms with van der Waals surface area (Å²) in [6.07, 6.45) is 0. The van der Waals surface area contributed by atoms with Gasteiger partial charge in [-0.15, -0.1) is 0 Å². The van der Waals surface area contributed by atoms with E-state index in [1.54, 1.807) is 39.1 Å². The fraction of sp³-hybridized carbons (Fsp3) is 0.250. The van der Waals surface area contributed by atoms with Crippen LogP contribution in [0.15, 0.2) is 23.1 Å². The predicted octanol–water partition coefficient (Wildman–Crippen LogP) is 2.07. The van der Waals surface area contributed by atoms with E-state index in [9.17, 15) is 8.42 Å². The van der Waals surface area contributed by atoms with E-state index >= 15 is 0 Å². The highest BCUT2D eigenvalue weighted by Crippen LogP contribution is 2.30. The summed E-state index contributed by atoms with van der Waals surface area (Å²) < 4.78 is 28.8. The maximum atomic E-state index is 12.5. The van der Waals surface area contributed by atoms with Crippen LogP contribution in [0.2, 0.25) is 5.02 Å². The van der Waals surface area contributed by atoms with E-state index in [2.05, 4.69) is 9.82 Å². The number of hydrogen-bond acceptors (Lipinski definition) is 4. The van der Waals surface area contributed by atoms with E-state index in [0.29, 0.717) is 16.4 Å². The Hall–Kier alpha value is -1.73. The molecular weight excluding hydrogens is 300 g/mol. The van der Waals surface area contributed by atoms with Gasteiger partial charge in [0.2, 0.25) is 0 Å². The maximum Gasteiger partial charge on any atom is 0.267 e. The number of anilines is 2. The van der Waals surface area contributed by atoms with Crippen LogP contribution in [0.4, 0.5) is 11.5 Å². The Labute approximate surface area is 122 Å². The average Bonchev–Trinajstić information content (AvgIpc) is 2.59. The molecule has 0 atom stereocenters. The largest absolute Gasteiger partial charge is 0.381 e. The van der Waals surface area contributed by atoms with Crippen LogP contribution in [-0.2, 0) is 17.1 Å². The molecule has 108 valence electrons. The number of nitrogens with zero attached hydrogens (tertiary/aromatic N) is 2. The molecule has 0 spiro atoms. The van der Waals surface area contributed by atoms with Crippen molar-refractivity contribution in [3.8, 4) is 0 Å². The zero-order chi connectivity index (χ0) is 15.1. The molecule has 1 aromatic carbocycles. The molecule has 0 aliphatic heterocycles. The zero-order valence-electron chi connectivity index (χ0n) is 11.3. The summed E-state index contributed by atoms with van der Waals surface area (Å²) in [5.41, 5.74) is 7.20. The van der Waals surface area contributed by atoms with Crippen LogP contribution >= 0.6 is 11.6 Å². The molecule has 0 aliphatic rings. The van der Waals surface area contributed by atoms with Crippen molar-refractivity contribution in [2.75, 3.05) is 10.5 Å². The van der Waals surface area contributed by atoms with Crippen molar-refractivity contribution in [3.05, 3.63) is 34.5 Å². The Kier molecular flexibility index (Phi) is 3.66. The van der Waals surface area contributed by atoms with Crippen molar-refractivity contribution in [2.45, 2.75) is 18.7 Å². The molecule has 0 fully saturated rings. The number of halogens is 1. The van der Waals surface area contributed by atoms with Gasteiger partial charge < -0.3 is 5.73 Å². The van der Waals surface area contributed by atoms with Crippen LogP contribution < -0.4 is 10.5 Å². The molecule has 0 radical (unpaired) electrons. The second kappa shape index (κ2) is 4.99. The standard InChI is InChI=1S/C12H15ClN4O2S/c1-7-5-4-6-9(13)10(7)16-20(18,19)11-8(2)17(3)15-12(11)14/h4-6,16H,1-3H3,(H2,14,15). The minimum atomic E-state index is -3.84. The first kappa shape index (κ1) is 14.7. The van der Waals surface area contributed by atoms with Gasteiger partial charge in [-0.25, -0.2) is 8.42 Å². The van der Waals surface area contributed by atoms with Crippen molar-refractivity contribution in [1.82, 2.24) is 9.78 Å². The Morgan fingerprint density at radius 2 is 2.00 bits per heavy atom. The number of hydrogen-bond donors (Lipinski definition) is 2. The number of rotatable bonds is 3. The Balaban J connectivity index is 2.52. The van der Waals surface area contributed by atoms with E-state index in [1.165, 1.54) is 4.68 Å². The van der Waals surface area contributed by atoms with Crippen molar-refractivity contribution in [3.63, 3.8) is 0 Å². The van der Waals surface area contributed by atoms with E-state index in [1.807, 2.05) is 0 Å². The summed E-state index contributed by atoms with van der Waals surface area (Å²) in [5, 5.41) is 4.23. The molecule has 1 aromatic heterocycles. The monoisotopic (exact) mass is 314 g/mol. The summed E-state index contributed by atoms with van der Waals surface area (Å²) in [5.74, 6) is -0.0396. The van der Waals surface area contributed by atoms with Crippen LogP contribution in [0.5, 0.6) is 0 Å². The fourth-order valence-corrected chi connectivity index (χ4v) is 3.70. The molecule has 0 saturated heterocycles. The molecule has 0 aliphatic carbocycles. The molecule has 2 rings (SSSR count). The lowest BCUT2D eigenvalue weighted by molar-refractivity contribution is 0.600. The molecule has 6 nitrogen and oxygen atoms in total. The van der Waals surface area contributed by atoms with Crippen LogP contribution in [0.3, 0.4) is 0 Å². The second-order valence-electron chi connectivity index (χ2n) is 4.46. The van der Waals surface area contributed by atoms with Gasteiger partial charge in [-0.05, 0) is 25.5 Å². The number of aryl methyl sites for hydroxylation is 2. The SMILES string of the molecule is Cc1cccc(Cl)c1NS(=O)(=O)c1c(N)nn(C)c1C. The van der Waals surface area contributed by atoms with Gasteiger partial charge in [0.15, 0.2) is 10.7 Å². The van der Waals surface area contributed by atoms with Crippen LogP contribution in [0, 0.1) is 13.8 Å². The quantitative estimate of drug-likeness (QED) is 0.907. The lowest BCUT2D eigenvalue weighted by atomic mass is 10.2. The lowest BCUT2D eigenvalue weighted by Crippen LogP contribution is -2.16. The highest BCUT2D eigenvalue weighted by molar-refractivity contribution is 7.93. The second-order valence-corrected chi connectivity index (χ2v) is 6.49. The fourth-order valence-electron chi connectivity index (χ4n) is 1.89. The Bertz CT molecular complexity index is 748. The summed E-state index contributed by atoms with van der Waals surface area (Å²) >= 11 is 6.03. The third kappa shape index (κ3) is 2.46. The molecule has 3 N–H and O–H groups in total. The van der Waals surface area contributed by atoms with Crippen molar-refractivity contribution >= 4 is 33.1 Å². The van der Waals surface area contributed by atoms with E-state index < -0.39 is 10.0 Å². The topological polar surface area (TPSA) is 90.0 Å². The molecule has 0 bridgehead atoms. The number of nitrogens with one attached hydrogen (secondary N) is 1. The molecule has 1 heterocycles. The van der Waals surface area contributed by atoms with Crippen LogP contribution in [0.1, 0.15) is 11.3 Å². The van der Waals surface area contributed by atoms with Gasteiger partial charge in [0.1, 0.15) is 0 Å². The summed E-state index contributed by atoms with van der Waals surface area (Å²) in [7, 11) is -2.21. The third-order valence-corrected chi connectivity index (χ3v) is 4.86. The zero-order valence-corrected chi connectivity index (χ0v) is 12.9. The number of benzene rings is 1. The van der Waals surface area contributed by atoms with Crippen molar-refractivity contribution in [2.24, 2.45) is 7.05 Å². The number of nitrogens with two attached hydrogens (primary N) is 1. The summed E-state index contributed by atoms with van der Waals surface area (Å²) in [6, 6.07) is 5.13. The number of para-hydroxylation sites is 1. The first-order chi connectivity index (χ1) is 9.24. The highest BCUT2D eigenvalue weighted by atomic mass is 35.5.